The molecule has 1 aliphatic carbocycles. The van der Waals surface area contributed by atoms with Crippen LogP contribution in [0.2, 0.25) is 5.02 Å². The third-order valence-electron chi connectivity index (χ3n) is 3.70. The molecule has 1 aromatic rings. The van der Waals surface area contributed by atoms with Crippen LogP contribution in [0.15, 0.2) is 18.2 Å². The zero-order valence-corrected chi connectivity index (χ0v) is 11.3. The van der Waals surface area contributed by atoms with Gasteiger partial charge in [-0.1, -0.05) is 31.4 Å². The first-order chi connectivity index (χ1) is 8.50. The van der Waals surface area contributed by atoms with Crippen molar-refractivity contribution in [3.05, 3.63) is 28.8 Å². The predicted octanol–water partition coefficient (Wildman–Crippen LogP) is 3.36. The average Bonchev–Trinajstić information content (AvgIpc) is 2.77. The maximum Gasteiger partial charge on any atom is 0.251 e. The van der Waals surface area contributed by atoms with Gasteiger partial charge in [0.15, 0.2) is 0 Å². The van der Waals surface area contributed by atoms with Crippen molar-refractivity contribution in [2.24, 2.45) is 5.41 Å². The molecule has 0 aliphatic heterocycles. The Balaban J connectivity index is 1.97. The predicted molar refractivity (Wildman–Crippen MR) is 72.0 cm³/mol. The topological polar surface area (TPSA) is 49.3 Å². The van der Waals surface area contributed by atoms with E-state index in [-0.39, 0.29) is 22.1 Å². The summed E-state index contributed by atoms with van der Waals surface area (Å²) in [6.45, 7) is 2.91. The van der Waals surface area contributed by atoms with Crippen LogP contribution in [0.3, 0.4) is 0 Å². The fourth-order valence-electron chi connectivity index (χ4n) is 2.45. The van der Waals surface area contributed by atoms with Crippen LogP contribution in [0, 0.1) is 5.41 Å². The number of rotatable bonds is 3. The summed E-state index contributed by atoms with van der Waals surface area (Å²) in [5.74, 6) is -0.138. The largest absolute Gasteiger partial charge is 0.506 e. The van der Waals surface area contributed by atoms with Crippen LogP contribution in [-0.2, 0) is 0 Å². The third kappa shape index (κ3) is 2.96. The first-order valence-electron chi connectivity index (χ1n) is 6.27. The van der Waals surface area contributed by atoms with E-state index in [0.717, 1.165) is 0 Å². The van der Waals surface area contributed by atoms with Crippen LogP contribution in [0.25, 0.3) is 0 Å². The van der Waals surface area contributed by atoms with Gasteiger partial charge in [-0.15, -0.1) is 0 Å². The lowest BCUT2D eigenvalue weighted by Gasteiger charge is -2.23. The van der Waals surface area contributed by atoms with E-state index in [2.05, 4.69) is 12.2 Å². The van der Waals surface area contributed by atoms with Crippen molar-refractivity contribution < 1.29 is 9.90 Å². The van der Waals surface area contributed by atoms with E-state index >= 15 is 0 Å². The van der Waals surface area contributed by atoms with Crippen molar-refractivity contribution in [1.29, 1.82) is 0 Å². The number of phenolic OH excluding ortho intramolecular Hbond substituents is 1. The quantitative estimate of drug-likeness (QED) is 0.882. The molecular formula is C14H18ClNO2. The van der Waals surface area contributed by atoms with Crippen LogP contribution in [-0.4, -0.2) is 17.6 Å². The van der Waals surface area contributed by atoms with Gasteiger partial charge in [0.05, 0.1) is 5.02 Å². The van der Waals surface area contributed by atoms with Crippen molar-refractivity contribution >= 4 is 17.5 Å². The summed E-state index contributed by atoms with van der Waals surface area (Å²) in [4.78, 5) is 12.0. The number of nitrogens with one attached hydrogen (secondary N) is 1. The van der Waals surface area contributed by atoms with Gasteiger partial charge >= 0.3 is 0 Å². The molecule has 1 fully saturated rings. The van der Waals surface area contributed by atoms with Crippen LogP contribution in [0.5, 0.6) is 5.75 Å². The summed E-state index contributed by atoms with van der Waals surface area (Å²) < 4.78 is 0. The lowest BCUT2D eigenvalue weighted by molar-refractivity contribution is 0.0934. The smallest absolute Gasteiger partial charge is 0.251 e. The summed E-state index contributed by atoms with van der Waals surface area (Å²) in [7, 11) is 0. The minimum Gasteiger partial charge on any atom is -0.506 e. The van der Waals surface area contributed by atoms with Crippen LogP contribution < -0.4 is 5.32 Å². The summed E-state index contributed by atoms with van der Waals surface area (Å²) >= 11 is 5.78. The summed E-state index contributed by atoms with van der Waals surface area (Å²) in [5, 5.41) is 12.5. The molecule has 0 bridgehead atoms. The highest BCUT2D eigenvalue weighted by molar-refractivity contribution is 6.32. The molecule has 1 saturated carbocycles. The molecule has 1 amide bonds. The average molecular weight is 268 g/mol. The molecule has 0 aromatic heterocycles. The second-order valence-electron chi connectivity index (χ2n) is 5.37. The van der Waals surface area contributed by atoms with Crippen molar-refractivity contribution in [3.63, 3.8) is 0 Å². The molecule has 0 radical (unpaired) electrons. The molecule has 1 aromatic carbocycles. The number of carbonyl (C=O) groups excluding carboxylic acids is 1. The first-order valence-corrected chi connectivity index (χ1v) is 6.65. The minimum atomic E-state index is -0.134. The van der Waals surface area contributed by atoms with Gasteiger partial charge in [-0.05, 0) is 36.5 Å². The van der Waals surface area contributed by atoms with Crippen LogP contribution >= 0.6 is 11.6 Å². The van der Waals surface area contributed by atoms with E-state index in [4.69, 9.17) is 11.6 Å². The van der Waals surface area contributed by atoms with Gasteiger partial charge in [0.1, 0.15) is 5.75 Å². The number of halogens is 1. The van der Waals surface area contributed by atoms with E-state index in [1.165, 1.54) is 37.8 Å². The Morgan fingerprint density at radius 2 is 2.11 bits per heavy atom. The van der Waals surface area contributed by atoms with E-state index in [1.807, 2.05) is 0 Å². The summed E-state index contributed by atoms with van der Waals surface area (Å²) in [6.07, 6.45) is 4.84. The van der Waals surface area contributed by atoms with Crippen molar-refractivity contribution in [2.45, 2.75) is 32.6 Å². The monoisotopic (exact) mass is 267 g/mol. The van der Waals surface area contributed by atoms with Crippen molar-refractivity contribution in [3.8, 4) is 5.75 Å². The molecule has 2 N–H and O–H groups in total. The molecule has 0 saturated heterocycles. The molecule has 1 aliphatic rings. The normalized spacial score (nSPS) is 17.7. The molecule has 18 heavy (non-hydrogen) atoms. The van der Waals surface area contributed by atoms with E-state index in [0.29, 0.717) is 12.1 Å². The van der Waals surface area contributed by atoms with Gasteiger partial charge in [0.25, 0.3) is 5.91 Å². The number of amides is 1. The standard InChI is InChI=1S/C14H18ClNO2/c1-14(6-2-3-7-14)9-16-13(18)10-4-5-12(17)11(15)8-10/h4-5,8,17H,2-3,6-7,9H2,1H3,(H,16,18). The van der Waals surface area contributed by atoms with Gasteiger partial charge in [0.2, 0.25) is 0 Å². The van der Waals surface area contributed by atoms with Crippen molar-refractivity contribution in [1.82, 2.24) is 5.32 Å². The lowest BCUT2D eigenvalue weighted by atomic mass is 9.89. The molecule has 2 rings (SSSR count). The molecule has 4 heteroatoms. The molecule has 0 atom stereocenters. The lowest BCUT2D eigenvalue weighted by Crippen LogP contribution is -2.34. The number of hydrogen-bond donors (Lipinski definition) is 2. The van der Waals surface area contributed by atoms with Gasteiger partial charge in [0, 0.05) is 12.1 Å². The zero-order valence-electron chi connectivity index (χ0n) is 10.5. The molecule has 0 unspecified atom stereocenters. The third-order valence-corrected chi connectivity index (χ3v) is 4.00. The van der Waals surface area contributed by atoms with Crippen molar-refractivity contribution in [2.75, 3.05) is 6.54 Å². The number of hydrogen-bond acceptors (Lipinski definition) is 2. The Kier molecular flexibility index (Phi) is 3.81. The highest BCUT2D eigenvalue weighted by Gasteiger charge is 2.28. The fourth-order valence-corrected chi connectivity index (χ4v) is 2.63. The highest BCUT2D eigenvalue weighted by Crippen LogP contribution is 2.36. The van der Waals surface area contributed by atoms with E-state index in [9.17, 15) is 9.90 Å². The first kappa shape index (κ1) is 13.2. The molecular weight excluding hydrogens is 250 g/mol. The SMILES string of the molecule is CC1(CNC(=O)c2ccc(O)c(Cl)c2)CCCC1. The number of benzene rings is 1. The van der Waals surface area contributed by atoms with Crippen LogP contribution in [0.1, 0.15) is 43.0 Å². The summed E-state index contributed by atoms with van der Waals surface area (Å²) in [6, 6.07) is 4.51. The minimum absolute atomic E-state index is 0.00373. The molecule has 3 nitrogen and oxygen atoms in total. The Hall–Kier alpha value is -1.22. The van der Waals surface area contributed by atoms with Gasteiger partial charge in [-0.2, -0.15) is 0 Å². The summed E-state index contributed by atoms with van der Waals surface area (Å²) in [5.41, 5.74) is 0.718. The second kappa shape index (κ2) is 5.19. The fraction of sp³-hybridized carbons (Fsp3) is 0.500. The molecule has 0 spiro atoms. The van der Waals surface area contributed by atoms with Gasteiger partial charge in [-0.3, -0.25) is 4.79 Å². The number of phenols is 1. The number of carbonyl (C=O) groups is 1. The Morgan fingerprint density at radius 1 is 1.44 bits per heavy atom. The van der Waals surface area contributed by atoms with E-state index in [1.54, 1.807) is 6.07 Å². The van der Waals surface area contributed by atoms with Gasteiger partial charge < -0.3 is 10.4 Å². The molecule has 98 valence electrons. The Bertz CT molecular complexity index is 453. The van der Waals surface area contributed by atoms with E-state index < -0.39 is 0 Å². The number of aromatic hydroxyl groups is 1. The second-order valence-corrected chi connectivity index (χ2v) is 5.77. The van der Waals surface area contributed by atoms with Crippen LogP contribution in [0.4, 0.5) is 0 Å². The van der Waals surface area contributed by atoms with Gasteiger partial charge in [-0.25, -0.2) is 0 Å². The maximum absolute atomic E-state index is 12.0. The Labute approximate surface area is 112 Å². The Morgan fingerprint density at radius 3 is 2.72 bits per heavy atom. The maximum atomic E-state index is 12.0. The molecule has 0 heterocycles. The zero-order chi connectivity index (χ0) is 13.2. The highest BCUT2D eigenvalue weighted by atomic mass is 35.5.